The molecule has 0 saturated carbocycles. The summed E-state index contributed by atoms with van der Waals surface area (Å²) in [5.41, 5.74) is 2.90. The fraction of sp³-hybridized carbons (Fsp3) is 0.167. The third-order valence-electron chi connectivity index (χ3n) is 2.49. The largest absolute Gasteiger partial charge is 0.336 e. The first kappa shape index (κ1) is 11.0. The fourth-order valence-corrected chi connectivity index (χ4v) is 1.41. The van der Waals surface area contributed by atoms with Gasteiger partial charge in [0, 0.05) is 6.20 Å². The molecule has 1 N–H and O–H groups in total. The van der Waals surface area contributed by atoms with Gasteiger partial charge in [-0.15, -0.1) is 5.10 Å². The highest BCUT2D eigenvalue weighted by Crippen LogP contribution is 2.20. The summed E-state index contributed by atoms with van der Waals surface area (Å²) in [5, 5.41) is 20.2. The maximum absolute atomic E-state index is 9.13. The van der Waals surface area contributed by atoms with E-state index in [1.807, 2.05) is 26.0 Å². The molecule has 0 bridgehead atoms. The molecule has 0 spiro atoms. The highest BCUT2D eigenvalue weighted by molar-refractivity contribution is 5.63. The van der Waals surface area contributed by atoms with Crippen molar-refractivity contribution in [2.45, 2.75) is 13.8 Å². The van der Waals surface area contributed by atoms with Gasteiger partial charge >= 0.3 is 0 Å². The zero-order chi connectivity index (χ0) is 12.3. The van der Waals surface area contributed by atoms with E-state index >= 15 is 0 Å². The molecule has 17 heavy (non-hydrogen) atoms. The lowest BCUT2D eigenvalue weighted by Crippen LogP contribution is -2.03. The summed E-state index contributed by atoms with van der Waals surface area (Å²) in [6, 6.07) is 5.80. The number of pyridine rings is 1. The van der Waals surface area contributed by atoms with E-state index < -0.39 is 0 Å². The van der Waals surface area contributed by atoms with Crippen LogP contribution in [0.4, 0.5) is 11.5 Å². The van der Waals surface area contributed by atoms with Crippen LogP contribution in [0.2, 0.25) is 0 Å². The molecular formula is C12H11N5. The van der Waals surface area contributed by atoms with Gasteiger partial charge in [-0.3, -0.25) is 4.98 Å². The topological polar surface area (TPSA) is 74.5 Å². The Labute approximate surface area is 99.2 Å². The Kier molecular flexibility index (Phi) is 2.97. The van der Waals surface area contributed by atoms with Gasteiger partial charge in [-0.1, -0.05) is 0 Å². The predicted octanol–water partition coefficient (Wildman–Crippen LogP) is 2.10. The molecule has 0 aromatic carbocycles. The molecule has 2 aromatic rings. The lowest BCUT2D eigenvalue weighted by molar-refractivity contribution is 0.960. The smallest absolute Gasteiger partial charge is 0.171 e. The van der Waals surface area contributed by atoms with Crippen molar-refractivity contribution in [3.05, 3.63) is 41.3 Å². The molecular weight excluding hydrogens is 214 g/mol. The quantitative estimate of drug-likeness (QED) is 0.847. The fourth-order valence-electron chi connectivity index (χ4n) is 1.41. The Bertz CT molecular complexity index is 571. The summed E-state index contributed by atoms with van der Waals surface area (Å²) in [6.45, 7) is 3.69. The zero-order valence-corrected chi connectivity index (χ0v) is 9.60. The van der Waals surface area contributed by atoms with E-state index in [2.05, 4.69) is 26.6 Å². The van der Waals surface area contributed by atoms with Crippen molar-refractivity contribution in [1.29, 1.82) is 5.26 Å². The standard InChI is InChI=1S/C12H11N5/c1-8-9(2)16-17-12(11(8)6-13)15-10-4-3-5-14-7-10/h3-5,7H,1-2H3,(H,15,17). The van der Waals surface area contributed by atoms with Gasteiger partial charge in [-0.05, 0) is 31.5 Å². The van der Waals surface area contributed by atoms with Crippen LogP contribution in [-0.2, 0) is 0 Å². The van der Waals surface area contributed by atoms with Crippen LogP contribution in [0.15, 0.2) is 24.5 Å². The second-order valence-electron chi connectivity index (χ2n) is 3.61. The van der Waals surface area contributed by atoms with Crippen molar-refractivity contribution in [3.8, 4) is 6.07 Å². The zero-order valence-electron chi connectivity index (χ0n) is 9.60. The van der Waals surface area contributed by atoms with Crippen LogP contribution < -0.4 is 5.32 Å². The van der Waals surface area contributed by atoms with Gasteiger partial charge in [-0.25, -0.2) is 0 Å². The van der Waals surface area contributed by atoms with Gasteiger partial charge < -0.3 is 5.32 Å². The lowest BCUT2D eigenvalue weighted by Gasteiger charge is -2.08. The second-order valence-corrected chi connectivity index (χ2v) is 3.61. The first-order valence-electron chi connectivity index (χ1n) is 5.13. The van der Waals surface area contributed by atoms with Gasteiger partial charge in [0.05, 0.1) is 17.6 Å². The molecule has 0 aliphatic carbocycles. The Hall–Kier alpha value is -2.48. The van der Waals surface area contributed by atoms with E-state index in [0.717, 1.165) is 16.9 Å². The monoisotopic (exact) mass is 225 g/mol. The molecule has 2 heterocycles. The van der Waals surface area contributed by atoms with Crippen LogP contribution in [0.1, 0.15) is 16.8 Å². The van der Waals surface area contributed by atoms with E-state index in [4.69, 9.17) is 5.26 Å². The molecule has 2 rings (SSSR count). The van der Waals surface area contributed by atoms with E-state index in [1.54, 1.807) is 12.4 Å². The number of aromatic nitrogens is 3. The van der Waals surface area contributed by atoms with E-state index in [0.29, 0.717) is 11.4 Å². The van der Waals surface area contributed by atoms with Gasteiger partial charge in [0.2, 0.25) is 0 Å². The summed E-state index contributed by atoms with van der Waals surface area (Å²) in [4.78, 5) is 3.98. The van der Waals surface area contributed by atoms with Gasteiger partial charge in [0.25, 0.3) is 0 Å². The number of nitrogens with one attached hydrogen (secondary N) is 1. The average Bonchev–Trinajstić information content (AvgIpc) is 2.36. The lowest BCUT2D eigenvalue weighted by atomic mass is 10.1. The van der Waals surface area contributed by atoms with Crippen LogP contribution >= 0.6 is 0 Å². The molecule has 5 nitrogen and oxygen atoms in total. The minimum absolute atomic E-state index is 0.462. The molecule has 0 saturated heterocycles. The van der Waals surface area contributed by atoms with Crippen LogP contribution in [0.3, 0.4) is 0 Å². The van der Waals surface area contributed by atoms with E-state index in [1.165, 1.54) is 0 Å². The number of rotatable bonds is 2. The molecule has 0 aliphatic heterocycles. The Morgan fingerprint density at radius 1 is 1.29 bits per heavy atom. The van der Waals surface area contributed by atoms with Crippen LogP contribution in [-0.4, -0.2) is 15.2 Å². The predicted molar refractivity (Wildman–Crippen MR) is 63.7 cm³/mol. The van der Waals surface area contributed by atoms with Crippen molar-refractivity contribution in [2.75, 3.05) is 5.32 Å². The molecule has 84 valence electrons. The van der Waals surface area contributed by atoms with Crippen LogP contribution in [0, 0.1) is 25.2 Å². The molecule has 0 aliphatic rings. The Morgan fingerprint density at radius 3 is 2.76 bits per heavy atom. The number of hydrogen-bond donors (Lipinski definition) is 1. The van der Waals surface area contributed by atoms with Crippen LogP contribution in [0.5, 0.6) is 0 Å². The maximum Gasteiger partial charge on any atom is 0.171 e. The molecule has 0 radical (unpaired) electrons. The summed E-state index contributed by atoms with van der Waals surface area (Å²) in [7, 11) is 0. The summed E-state index contributed by atoms with van der Waals surface area (Å²) < 4.78 is 0. The molecule has 5 heteroatoms. The summed E-state index contributed by atoms with van der Waals surface area (Å²) >= 11 is 0. The minimum Gasteiger partial charge on any atom is -0.336 e. The number of anilines is 2. The van der Waals surface area contributed by atoms with Crippen molar-refractivity contribution in [3.63, 3.8) is 0 Å². The first-order valence-corrected chi connectivity index (χ1v) is 5.13. The van der Waals surface area contributed by atoms with Crippen molar-refractivity contribution < 1.29 is 0 Å². The average molecular weight is 225 g/mol. The SMILES string of the molecule is Cc1nnc(Nc2cccnc2)c(C#N)c1C. The summed E-state index contributed by atoms with van der Waals surface area (Å²) in [5.74, 6) is 0.462. The Morgan fingerprint density at radius 2 is 2.12 bits per heavy atom. The number of nitrogens with zero attached hydrogens (tertiary/aromatic N) is 4. The first-order chi connectivity index (χ1) is 8.22. The summed E-state index contributed by atoms with van der Waals surface area (Å²) in [6.07, 6.45) is 3.35. The van der Waals surface area contributed by atoms with Crippen LogP contribution in [0.25, 0.3) is 0 Å². The van der Waals surface area contributed by atoms with E-state index in [-0.39, 0.29) is 0 Å². The highest BCUT2D eigenvalue weighted by Gasteiger charge is 2.10. The maximum atomic E-state index is 9.13. The van der Waals surface area contributed by atoms with E-state index in [9.17, 15) is 0 Å². The van der Waals surface area contributed by atoms with Gasteiger partial charge in [-0.2, -0.15) is 10.4 Å². The molecule has 2 aromatic heterocycles. The molecule has 0 fully saturated rings. The number of hydrogen-bond acceptors (Lipinski definition) is 5. The minimum atomic E-state index is 0.462. The van der Waals surface area contributed by atoms with Crippen molar-refractivity contribution in [2.24, 2.45) is 0 Å². The third-order valence-corrected chi connectivity index (χ3v) is 2.49. The molecule has 0 atom stereocenters. The van der Waals surface area contributed by atoms with Crippen molar-refractivity contribution >= 4 is 11.5 Å². The number of aryl methyl sites for hydroxylation is 1. The number of nitriles is 1. The van der Waals surface area contributed by atoms with Gasteiger partial charge in [0.1, 0.15) is 11.6 Å². The normalized spacial score (nSPS) is 9.71. The molecule has 0 unspecified atom stereocenters. The van der Waals surface area contributed by atoms with Gasteiger partial charge in [0.15, 0.2) is 5.82 Å². The second kappa shape index (κ2) is 4.58. The molecule has 0 amide bonds. The highest BCUT2D eigenvalue weighted by atomic mass is 15.2. The third kappa shape index (κ3) is 2.21. The van der Waals surface area contributed by atoms with Crippen molar-refractivity contribution in [1.82, 2.24) is 15.2 Å². The Balaban J connectivity index is 2.41.